The highest BCUT2D eigenvalue weighted by molar-refractivity contribution is 6.37. The molecule has 1 aliphatic heterocycles. The number of anilines is 1. The molecule has 0 radical (unpaired) electrons. The topological polar surface area (TPSA) is 111 Å². The molecule has 0 spiro atoms. The van der Waals surface area contributed by atoms with Gasteiger partial charge in [-0.25, -0.2) is 9.88 Å². The molecule has 0 saturated carbocycles. The van der Waals surface area contributed by atoms with E-state index in [1.807, 2.05) is 0 Å². The van der Waals surface area contributed by atoms with Crippen molar-refractivity contribution in [2.24, 2.45) is 7.05 Å². The van der Waals surface area contributed by atoms with Gasteiger partial charge >= 0.3 is 0 Å². The van der Waals surface area contributed by atoms with E-state index in [1.165, 1.54) is 30.5 Å². The summed E-state index contributed by atoms with van der Waals surface area (Å²) in [5.41, 5.74) is 1.74. The lowest BCUT2D eigenvalue weighted by Crippen LogP contribution is -2.29. The van der Waals surface area contributed by atoms with E-state index >= 15 is 0 Å². The van der Waals surface area contributed by atoms with Crippen LogP contribution in [0.3, 0.4) is 0 Å². The fraction of sp³-hybridized carbons (Fsp3) is 0.125. The van der Waals surface area contributed by atoms with Crippen LogP contribution in [0.1, 0.15) is 26.4 Å². The number of hydrogen-bond donors (Lipinski definition) is 0. The molecule has 2 amide bonds. The quantitative estimate of drug-likeness (QED) is 0.401. The van der Waals surface area contributed by atoms with Crippen molar-refractivity contribution < 1.29 is 14.5 Å². The van der Waals surface area contributed by atoms with Crippen LogP contribution in [0.2, 0.25) is 0 Å². The minimum Gasteiger partial charge on any atom is -0.268 e. The van der Waals surface area contributed by atoms with Crippen molar-refractivity contribution in [1.82, 2.24) is 14.8 Å². The molecule has 4 rings (SSSR count). The standard InChI is InChI=1S/C16H11N5O4/c1-8-12-13-11(7-17-14(12)19(2)18-8)15(22)20(16(13)23)9-3-5-10(6-4-9)21(24)25/h3-7H,1-2H3. The van der Waals surface area contributed by atoms with Crippen LogP contribution >= 0.6 is 0 Å². The number of carbonyl (C=O) groups is 2. The summed E-state index contributed by atoms with van der Waals surface area (Å²) in [7, 11) is 1.71. The summed E-state index contributed by atoms with van der Waals surface area (Å²) >= 11 is 0. The molecule has 3 heterocycles. The Morgan fingerprint density at radius 3 is 2.44 bits per heavy atom. The van der Waals surface area contributed by atoms with Gasteiger partial charge in [0.1, 0.15) is 0 Å². The van der Waals surface area contributed by atoms with Gasteiger partial charge in [-0.05, 0) is 19.1 Å². The first-order chi connectivity index (χ1) is 11.9. The van der Waals surface area contributed by atoms with Crippen LogP contribution in [0.4, 0.5) is 11.4 Å². The van der Waals surface area contributed by atoms with E-state index < -0.39 is 16.7 Å². The van der Waals surface area contributed by atoms with Gasteiger partial charge in [-0.1, -0.05) is 0 Å². The predicted octanol–water partition coefficient (Wildman–Crippen LogP) is 1.99. The van der Waals surface area contributed by atoms with Crippen LogP contribution in [0.25, 0.3) is 11.0 Å². The van der Waals surface area contributed by atoms with Gasteiger partial charge in [0.25, 0.3) is 17.5 Å². The largest absolute Gasteiger partial charge is 0.269 e. The van der Waals surface area contributed by atoms with E-state index in [1.54, 1.807) is 18.7 Å². The summed E-state index contributed by atoms with van der Waals surface area (Å²) in [6.45, 7) is 1.75. The summed E-state index contributed by atoms with van der Waals surface area (Å²) in [5.74, 6) is -0.996. The zero-order valence-corrected chi connectivity index (χ0v) is 13.3. The molecule has 0 bridgehead atoms. The number of rotatable bonds is 2. The van der Waals surface area contributed by atoms with Gasteiger partial charge in [0.05, 0.1) is 32.8 Å². The molecule has 0 atom stereocenters. The number of benzene rings is 1. The maximum Gasteiger partial charge on any atom is 0.269 e. The van der Waals surface area contributed by atoms with Gasteiger partial charge in [-0.15, -0.1) is 0 Å². The second kappa shape index (κ2) is 4.94. The second-order valence-corrected chi connectivity index (χ2v) is 5.67. The number of nitro groups is 1. The molecule has 124 valence electrons. The Hall–Kier alpha value is -3.62. The Kier molecular flexibility index (Phi) is 2.95. The summed E-state index contributed by atoms with van der Waals surface area (Å²) in [6.07, 6.45) is 1.37. The smallest absolute Gasteiger partial charge is 0.268 e. The zero-order chi connectivity index (χ0) is 17.9. The Labute approximate surface area is 140 Å². The summed E-state index contributed by atoms with van der Waals surface area (Å²) in [4.78, 5) is 41.1. The maximum absolute atomic E-state index is 12.9. The number of hydrogen-bond acceptors (Lipinski definition) is 6. The lowest BCUT2D eigenvalue weighted by atomic mass is 10.1. The Bertz CT molecular complexity index is 1080. The molecule has 9 nitrogen and oxygen atoms in total. The average Bonchev–Trinajstić information content (AvgIpc) is 3.02. The van der Waals surface area contributed by atoms with E-state index in [4.69, 9.17) is 0 Å². The zero-order valence-electron chi connectivity index (χ0n) is 13.3. The van der Waals surface area contributed by atoms with Gasteiger partial charge in [0.2, 0.25) is 0 Å². The highest BCUT2D eigenvalue weighted by atomic mass is 16.6. The van der Waals surface area contributed by atoms with E-state index in [0.29, 0.717) is 16.7 Å². The molecule has 1 aliphatic rings. The number of pyridine rings is 1. The normalized spacial score (nSPS) is 13.6. The fourth-order valence-corrected chi connectivity index (χ4v) is 3.08. The van der Waals surface area contributed by atoms with Gasteiger partial charge in [0.15, 0.2) is 5.65 Å². The van der Waals surface area contributed by atoms with Crippen molar-refractivity contribution in [2.45, 2.75) is 6.92 Å². The minimum atomic E-state index is -0.543. The highest BCUT2D eigenvalue weighted by Gasteiger charge is 2.39. The first-order valence-corrected chi connectivity index (χ1v) is 7.35. The molecule has 0 aliphatic carbocycles. The molecular formula is C16H11N5O4. The number of aryl methyl sites for hydroxylation is 2. The Morgan fingerprint density at radius 1 is 1.12 bits per heavy atom. The molecule has 9 heteroatoms. The summed E-state index contributed by atoms with van der Waals surface area (Å²) < 4.78 is 1.55. The molecule has 25 heavy (non-hydrogen) atoms. The number of aromatic nitrogens is 3. The van der Waals surface area contributed by atoms with Crippen molar-refractivity contribution >= 4 is 34.2 Å². The third-order valence-corrected chi connectivity index (χ3v) is 4.20. The van der Waals surface area contributed by atoms with Crippen molar-refractivity contribution in [1.29, 1.82) is 0 Å². The maximum atomic E-state index is 12.9. The van der Waals surface area contributed by atoms with E-state index in [9.17, 15) is 19.7 Å². The predicted molar refractivity (Wildman–Crippen MR) is 87.5 cm³/mol. The summed E-state index contributed by atoms with van der Waals surface area (Å²) in [6, 6.07) is 5.26. The minimum absolute atomic E-state index is 0.118. The van der Waals surface area contributed by atoms with Crippen LogP contribution in [-0.2, 0) is 7.05 Å². The number of carbonyl (C=O) groups excluding carboxylic acids is 2. The number of imide groups is 1. The number of fused-ring (bicyclic) bond motifs is 3. The number of nitrogens with zero attached hydrogens (tertiary/aromatic N) is 5. The molecule has 2 aromatic heterocycles. The fourth-order valence-electron chi connectivity index (χ4n) is 3.08. The molecular weight excluding hydrogens is 326 g/mol. The van der Waals surface area contributed by atoms with Crippen LogP contribution < -0.4 is 4.90 Å². The Balaban J connectivity index is 1.88. The van der Waals surface area contributed by atoms with Crippen molar-refractivity contribution in [2.75, 3.05) is 4.90 Å². The highest BCUT2D eigenvalue weighted by Crippen LogP contribution is 2.34. The Morgan fingerprint density at radius 2 is 1.80 bits per heavy atom. The number of amides is 2. The van der Waals surface area contributed by atoms with Crippen LogP contribution in [0, 0.1) is 17.0 Å². The van der Waals surface area contributed by atoms with E-state index in [0.717, 1.165) is 4.90 Å². The van der Waals surface area contributed by atoms with Crippen molar-refractivity contribution in [3.8, 4) is 0 Å². The van der Waals surface area contributed by atoms with Crippen molar-refractivity contribution in [3.63, 3.8) is 0 Å². The molecule has 1 aromatic carbocycles. The van der Waals surface area contributed by atoms with Gasteiger partial charge < -0.3 is 0 Å². The van der Waals surface area contributed by atoms with Gasteiger partial charge in [-0.2, -0.15) is 5.10 Å². The number of nitro benzene ring substituents is 1. The molecule has 0 unspecified atom stereocenters. The van der Waals surface area contributed by atoms with E-state index in [-0.39, 0.29) is 22.5 Å². The first kappa shape index (κ1) is 14.9. The monoisotopic (exact) mass is 337 g/mol. The average molecular weight is 337 g/mol. The number of non-ortho nitro benzene ring substituents is 1. The molecule has 0 N–H and O–H groups in total. The summed E-state index contributed by atoms with van der Waals surface area (Å²) in [5, 5.41) is 15.6. The molecule has 3 aromatic rings. The third-order valence-electron chi connectivity index (χ3n) is 4.20. The second-order valence-electron chi connectivity index (χ2n) is 5.67. The van der Waals surface area contributed by atoms with Crippen LogP contribution in [0.5, 0.6) is 0 Å². The lowest BCUT2D eigenvalue weighted by molar-refractivity contribution is -0.384. The first-order valence-electron chi connectivity index (χ1n) is 7.35. The lowest BCUT2D eigenvalue weighted by Gasteiger charge is -2.13. The SMILES string of the molecule is Cc1nn(C)c2ncc3c(c12)C(=O)N(c1ccc([N+](=O)[O-])cc1)C3=O. The van der Waals surface area contributed by atoms with E-state index in [2.05, 4.69) is 10.1 Å². The van der Waals surface area contributed by atoms with Gasteiger partial charge in [0, 0.05) is 25.4 Å². The molecule has 0 saturated heterocycles. The van der Waals surface area contributed by atoms with Crippen LogP contribution in [-0.4, -0.2) is 31.5 Å². The molecule has 0 fully saturated rings. The third kappa shape index (κ3) is 1.95. The van der Waals surface area contributed by atoms with Crippen LogP contribution in [0.15, 0.2) is 30.5 Å². The van der Waals surface area contributed by atoms with Gasteiger partial charge in [-0.3, -0.25) is 24.4 Å². The van der Waals surface area contributed by atoms with Crippen molar-refractivity contribution in [3.05, 3.63) is 57.4 Å².